The lowest BCUT2D eigenvalue weighted by molar-refractivity contribution is -0.108. The van der Waals surface area contributed by atoms with Crippen LogP contribution in [0.2, 0.25) is 0 Å². The molecule has 178 valence electrons. The molecule has 8 nitrogen and oxygen atoms in total. The molecule has 0 fully saturated rings. The first-order chi connectivity index (χ1) is 15.5. The van der Waals surface area contributed by atoms with Crippen LogP contribution in [0.1, 0.15) is 30.7 Å². The average molecular weight is 465 g/mol. The highest BCUT2D eigenvalue weighted by atomic mass is 19.3. The number of benzene rings is 1. The molecule has 11 heteroatoms. The standard InChI is InChI=1S/C22H26F3N5O3/c1-21(2,32)11-28-30(33)8-7-18-20-19(27-12-22(24,25)13-29(20)14-31)16(10-26-18)9-15-3-5-17(23)6-4-15/h3-8,10,14,27-28,32-33H,9,11-13H2,1-2H3/b8-7+. The minimum absolute atomic E-state index is 0.0320. The van der Waals surface area contributed by atoms with E-state index in [0.717, 1.165) is 10.5 Å². The molecule has 0 saturated carbocycles. The fourth-order valence-electron chi connectivity index (χ4n) is 3.28. The number of hydrazine groups is 1. The number of fused-ring (bicyclic) bond motifs is 1. The minimum atomic E-state index is -3.19. The lowest BCUT2D eigenvalue weighted by Gasteiger charge is -2.23. The molecular formula is C22H26F3N5O3. The molecule has 2 aromatic rings. The van der Waals surface area contributed by atoms with E-state index in [0.29, 0.717) is 22.8 Å². The Labute approximate surface area is 189 Å². The molecule has 1 aromatic heterocycles. The van der Waals surface area contributed by atoms with Gasteiger partial charge in [-0.3, -0.25) is 15.0 Å². The number of aliphatic hydroxyl groups is 1. The van der Waals surface area contributed by atoms with E-state index in [2.05, 4.69) is 15.7 Å². The van der Waals surface area contributed by atoms with Gasteiger partial charge in [0, 0.05) is 30.9 Å². The second-order valence-corrected chi connectivity index (χ2v) is 8.45. The van der Waals surface area contributed by atoms with E-state index in [4.69, 9.17) is 0 Å². The SMILES string of the molecule is CC(C)(O)CNN(O)/C=C/c1ncc(Cc2ccc(F)cc2)c2c1N(C=O)CC(F)(F)CN2. The molecule has 1 aromatic carbocycles. The zero-order chi connectivity index (χ0) is 24.2. The number of hydroxylamine groups is 1. The summed E-state index contributed by atoms with van der Waals surface area (Å²) >= 11 is 0. The van der Waals surface area contributed by atoms with Crippen molar-refractivity contribution in [1.82, 2.24) is 15.6 Å². The first kappa shape index (κ1) is 24.5. The summed E-state index contributed by atoms with van der Waals surface area (Å²) in [6.45, 7) is 1.59. The molecule has 1 aliphatic rings. The molecule has 0 spiro atoms. The largest absolute Gasteiger partial charge is 0.389 e. The Hall–Kier alpha value is -3.15. The molecule has 0 aliphatic carbocycles. The third kappa shape index (κ3) is 6.67. The van der Waals surface area contributed by atoms with E-state index in [1.807, 2.05) is 0 Å². The molecule has 3 rings (SSSR count). The molecule has 2 heterocycles. The van der Waals surface area contributed by atoms with Gasteiger partial charge in [0.2, 0.25) is 6.41 Å². The van der Waals surface area contributed by atoms with E-state index in [-0.39, 0.29) is 24.3 Å². The van der Waals surface area contributed by atoms with Crippen LogP contribution in [0.15, 0.2) is 36.7 Å². The number of nitrogens with one attached hydrogen (secondary N) is 2. The van der Waals surface area contributed by atoms with Crippen molar-refractivity contribution in [3.8, 4) is 0 Å². The topological polar surface area (TPSA) is 101 Å². The van der Waals surface area contributed by atoms with Crippen LogP contribution in [0.5, 0.6) is 0 Å². The fraction of sp³-hybridized carbons (Fsp3) is 0.364. The summed E-state index contributed by atoms with van der Waals surface area (Å²) in [6.07, 6.45) is 4.58. The van der Waals surface area contributed by atoms with Crippen LogP contribution in [0, 0.1) is 5.82 Å². The number of hydrogen-bond donors (Lipinski definition) is 4. The maximum atomic E-state index is 14.3. The van der Waals surface area contributed by atoms with Crippen LogP contribution >= 0.6 is 0 Å². The van der Waals surface area contributed by atoms with E-state index >= 15 is 0 Å². The van der Waals surface area contributed by atoms with Gasteiger partial charge in [-0.25, -0.2) is 18.6 Å². The number of alkyl halides is 2. The molecule has 33 heavy (non-hydrogen) atoms. The Morgan fingerprint density at radius 2 is 2.03 bits per heavy atom. The molecular weight excluding hydrogens is 439 g/mol. The van der Waals surface area contributed by atoms with Gasteiger partial charge >= 0.3 is 0 Å². The van der Waals surface area contributed by atoms with Crippen molar-refractivity contribution in [3.63, 3.8) is 0 Å². The summed E-state index contributed by atoms with van der Waals surface area (Å²) in [5, 5.41) is 23.0. The van der Waals surface area contributed by atoms with E-state index < -0.39 is 30.4 Å². The molecule has 0 radical (unpaired) electrons. The number of hydrogen-bond acceptors (Lipinski definition) is 7. The number of halogens is 3. The van der Waals surface area contributed by atoms with E-state index in [9.17, 15) is 28.3 Å². The predicted molar refractivity (Wildman–Crippen MR) is 117 cm³/mol. The number of aromatic nitrogens is 1. The Morgan fingerprint density at radius 3 is 2.67 bits per heavy atom. The first-order valence-corrected chi connectivity index (χ1v) is 10.2. The average Bonchev–Trinajstić information content (AvgIpc) is 2.89. The van der Waals surface area contributed by atoms with Gasteiger partial charge in [0.15, 0.2) is 0 Å². The Morgan fingerprint density at radius 1 is 1.33 bits per heavy atom. The highest BCUT2D eigenvalue weighted by molar-refractivity contribution is 5.90. The number of carbonyl (C=O) groups excluding carboxylic acids is 1. The van der Waals surface area contributed by atoms with Crippen molar-refractivity contribution >= 4 is 23.9 Å². The van der Waals surface area contributed by atoms with Gasteiger partial charge in [-0.15, -0.1) is 0 Å². The van der Waals surface area contributed by atoms with Crippen molar-refractivity contribution in [1.29, 1.82) is 0 Å². The van der Waals surface area contributed by atoms with Crippen LogP contribution in [0.4, 0.5) is 24.5 Å². The number of anilines is 2. The maximum absolute atomic E-state index is 14.3. The van der Waals surface area contributed by atoms with Crippen LogP contribution in [0.3, 0.4) is 0 Å². The summed E-state index contributed by atoms with van der Waals surface area (Å²) in [7, 11) is 0. The van der Waals surface area contributed by atoms with Crippen LogP contribution in [-0.4, -0.2) is 58.0 Å². The van der Waals surface area contributed by atoms with Gasteiger partial charge in [-0.05, 0) is 37.6 Å². The van der Waals surface area contributed by atoms with Crippen molar-refractivity contribution < 1.29 is 28.3 Å². The second-order valence-electron chi connectivity index (χ2n) is 8.45. The zero-order valence-electron chi connectivity index (χ0n) is 18.2. The van der Waals surface area contributed by atoms with Crippen molar-refractivity contribution in [2.45, 2.75) is 31.8 Å². The normalized spacial score (nSPS) is 15.7. The molecule has 0 bridgehead atoms. The van der Waals surface area contributed by atoms with Crippen LogP contribution in [0.25, 0.3) is 6.08 Å². The third-order valence-corrected chi connectivity index (χ3v) is 4.86. The van der Waals surface area contributed by atoms with E-state index in [1.165, 1.54) is 30.6 Å². The number of nitrogens with zero attached hydrogens (tertiary/aromatic N) is 3. The molecule has 0 saturated heterocycles. The molecule has 1 amide bonds. The van der Waals surface area contributed by atoms with Crippen molar-refractivity contribution in [3.05, 3.63) is 59.3 Å². The molecule has 0 unspecified atom stereocenters. The van der Waals surface area contributed by atoms with Gasteiger partial charge in [-0.1, -0.05) is 12.1 Å². The first-order valence-electron chi connectivity index (χ1n) is 10.2. The Bertz CT molecular complexity index is 1010. The Kier molecular flexibility index (Phi) is 7.25. The number of carbonyl (C=O) groups is 1. The van der Waals surface area contributed by atoms with Gasteiger partial charge in [-0.2, -0.15) is 5.17 Å². The fourth-order valence-corrected chi connectivity index (χ4v) is 3.28. The van der Waals surface area contributed by atoms with Crippen LogP contribution in [-0.2, 0) is 11.2 Å². The lowest BCUT2D eigenvalue weighted by atomic mass is 10.0. The number of pyridine rings is 1. The number of amides is 1. The number of rotatable bonds is 8. The Balaban J connectivity index is 1.98. The molecule has 4 N–H and O–H groups in total. The smallest absolute Gasteiger partial charge is 0.282 e. The highest BCUT2D eigenvalue weighted by Crippen LogP contribution is 2.38. The third-order valence-electron chi connectivity index (χ3n) is 4.86. The van der Waals surface area contributed by atoms with Gasteiger partial charge in [0.05, 0.1) is 35.8 Å². The minimum Gasteiger partial charge on any atom is -0.389 e. The highest BCUT2D eigenvalue weighted by Gasteiger charge is 2.37. The van der Waals surface area contributed by atoms with E-state index in [1.54, 1.807) is 26.0 Å². The van der Waals surface area contributed by atoms with Gasteiger partial charge < -0.3 is 15.3 Å². The monoisotopic (exact) mass is 465 g/mol. The summed E-state index contributed by atoms with van der Waals surface area (Å²) < 4.78 is 41.9. The maximum Gasteiger partial charge on any atom is 0.282 e. The van der Waals surface area contributed by atoms with Crippen LogP contribution < -0.4 is 15.6 Å². The second kappa shape index (κ2) is 9.77. The summed E-state index contributed by atoms with van der Waals surface area (Å²) in [6, 6.07) is 5.76. The summed E-state index contributed by atoms with van der Waals surface area (Å²) in [5.74, 6) is -3.58. The lowest BCUT2D eigenvalue weighted by Crippen LogP contribution is -2.41. The van der Waals surface area contributed by atoms with Crippen molar-refractivity contribution in [2.75, 3.05) is 29.9 Å². The van der Waals surface area contributed by atoms with Gasteiger partial charge in [0.25, 0.3) is 5.92 Å². The van der Waals surface area contributed by atoms with Crippen molar-refractivity contribution in [2.24, 2.45) is 0 Å². The quantitative estimate of drug-likeness (QED) is 0.351. The predicted octanol–water partition coefficient (Wildman–Crippen LogP) is 2.77. The summed E-state index contributed by atoms with van der Waals surface area (Å²) in [5.41, 5.74) is 3.33. The molecule has 1 aliphatic heterocycles. The molecule has 0 atom stereocenters. The zero-order valence-corrected chi connectivity index (χ0v) is 18.2. The summed E-state index contributed by atoms with van der Waals surface area (Å²) in [4.78, 5) is 16.9. The van der Waals surface area contributed by atoms with Gasteiger partial charge in [0.1, 0.15) is 5.82 Å².